The zero-order valence-corrected chi connectivity index (χ0v) is 16.6. The van der Waals surface area contributed by atoms with Gasteiger partial charge in [0.1, 0.15) is 0 Å². The second kappa shape index (κ2) is 12.0. The van der Waals surface area contributed by atoms with Crippen LogP contribution in [0, 0.1) is 0 Å². The molecule has 1 amide bonds. The molecule has 7 heteroatoms. The molecule has 6 nitrogen and oxygen atoms in total. The lowest BCUT2D eigenvalue weighted by Crippen LogP contribution is -2.41. The summed E-state index contributed by atoms with van der Waals surface area (Å²) in [6, 6.07) is 6.29. The second-order valence-electron chi connectivity index (χ2n) is 5.80. The Kier molecular flexibility index (Phi) is 10.4. The predicted molar refractivity (Wildman–Crippen MR) is 108 cm³/mol. The number of halogens is 1. The van der Waals surface area contributed by atoms with E-state index in [4.69, 9.17) is 0 Å². The van der Waals surface area contributed by atoms with Crippen LogP contribution in [0.5, 0.6) is 0 Å². The number of aromatic nitrogens is 1. The minimum absolute atomic E-state index is 0. The third kappa shape index (κ3) is 7.94. The summed E-state index contributed by atoms with van der Waals surface area (Å²) in [6.45, 7) is 1.34. The van der Waals surface area contributed by atoms with E-state index in [0.717, 1.165) is 37.5 Å². The number of carbonyl (C=O) groups excluding carboxylic acids is 1. The number of hydrogen-bond donors (Lipinski definition) is 3. The Hall–Kier alpha value is -1.38. The first-order chi connectivity index (χ1) is 11.3. The molecule has 0 spiro atoms. The molecule has 1 aliphatic carbocycles. The van der Waals surface area contributed by atoms with Crippen LogP contribution in [-0.4, -0.2) is 43.0 Å². The molecule has 134 valence electrons. The van der Waals surface area contributed by atoms with Crippen LogP contribution in [0.15, 0.2) is 29.4 Å². The van der Waals surface area contributed by atoms with Gasteiger partial charge in [-0.25, -0.2) is 0 Å². The van der Waals surface area contributed by atoms with E-state index < -0.39 is 0 Å². The Labute approximate surface area is 161 Å². The standard InChI is InChI=1S/C17H27N5O.HI/c1-18-17(20-12-9-14-6-4-5-11-19-14)21-13-10-16(23)22-15-7-2-3-8-15;/h4-6,11,15H,2-3,7-10,12-13H2,1H3,(H,22,23)(H2,18,20,21);1H. The molecule has 0 aliphatic heterocycles. The van der Waals surface area contributed by atoms with E-state index in [1.807, 2.05) is 18.2 Å². The van der Waals surface area contributed by atoms with E-state index in [1.54, 1.807) is 13.2 Å². The molecule has 0 bridgehead atoms. The fourth-order valence-corrected chi connectivity index (χ4v) is 2.74. The van der Waals surface area contributed by atoms with E-state index >= 15 is 0 Å². The van der Waals surface area contributed by atoms with Crippen LogP contribution in [0.4, 0.5) is 0 Å². The maximum absolute atomic E-state index is 11.8. The van der Waals surface area contributed by atoms with E-state index in [-0.39, 0.29) is 29.9 Å². The molecule has 0 saturated heterocycles. The first kappa shape index (κ1) is 20.7. The third-order valence-corrected chi connectivity index (χ3v) is 3.99. The largest absolute Gasteiger partial charge is 0.356 e. The summed E-state index contributed by atoms with van der Waals surface area (Å²) < 4.78 is 0. The van der Waals surface area contributed by atoms with Crippen molar-refractivity contribution in [1.29, 1.82) is 0 Å². The molecule has 1 aliphatic rings. The number of amides is 1. The fraction of sp³-hybridized carbons (Fsp3) is 0.588. The molecule has 0 unspecified atom stereocenters. The van der Waals surface area contributed by atoms with Crippen LogP contribution in [0.2, 0.25) is 0 Å². The minimum atomic E-state index is 0. The zero-order chi connectivity index (χ0) is 16.3. The molecule has 0 radical (unpaired) electrons. The summed E-state index contributed by atoms with van der Waals surface area (Å²) in [5.41, 5.74) is 1.05. The van der Waals surface area contributed by atoms with Gasteiger partial charge in [0.2, 0.25) is 5.91 Å². The predicted octanol–water partition coefficient (Wildman–Crippen LogP) is 1.86. The molecule has 0 aromatic carbocycles. The van der Waals surface area contributed by atoms with Gasteiger partial charge in [-0.2, -0.15) is 0 Å². The fourth-order valence-electron chi connectivity index (χ4n) is 2.74. The summed E-state index contributed by atoms with van der Waals surface area (Å²) in [5.74, 6) is 0.836. The molecule has 1 fully saturated rings. The van der Waals surface area contributed by atoms with E-state index in [2.05, 4.69) is 25.9 Å². The van der Waals surface area contributed by atoms with Crippen LogP contribution in [0.3, 0.4) is 0 Å². The van der Waals surface area contributed by atoms with Crippen LogP contribution < -0.4 is 16.0 Å². The van der Waals surface area contributed by atoms with Crippen molar-refractivity contribution in [3.05, 3.63) is 30.1 Å². The second-order valence-corrected chi connectivity index (χ2v) is 5.80. The summed E-state index contributed by atoms with van der Waals surface area (Å²) in [7, 11) is 1.73. The normalized spacial score (nSPS) is 14.8. The highest BCUT2D eigenvalue weighted by Gasteiger charge is 2.16. The molecule has 24 heavy (non-hydrogen) atoms. The van der Waals surface area contributed by atoms with Gasteiger partial charge in [-0.15, -0.1) is 24.0 Å². The molecular weight excluding hydrogens is 417 g/mol. The highest BCUT2D eigenvalue weighted by Crippen LogP contribution is 2.17. The van der Waals surface area contributed by atoms with Crippen molar-refractivity contribution in [2.24, 2.45) is 4.99 Å². The molecule has 1 heterocycles. The van der Waals surface area contributed by atoms with Crippen molar-refractivity contribution in [2.45, 2.75) is 44.6 Å². The highest BCUT2D eigenvalue weighted by atomic mass is 127. The topological polar surface area (TPSA) is 78.4 Å². The van der Waals surface area contributed by atoms with Gasteiger partial charge < -0.3 is 16.0 Å². The Morgan fingerprint density at radius 1 is 1.25 bits per heavy atom. The Morgan fingerprint density at radius 3 is 2.67 bits per heavy atom. The van der Waals surface area contributed by atoms with Crippen LogP contribution >= 0.6 is 24.0 Å². The maximum Gasteiger partial charge on any atom is 0.221 e. The number of hydrogen-bond acceptors (Lipinski definition) is 3. The Balaban J connectivity index is 0.00000288. The number of carbonyl (C=O) groups is 1. The average molecular weight is 445 g/mol. The summed E-state index contributed by atoms with van der Waals surface area (Å²) >= 11 is 0. The number of guanidine groups is 1. The number of aliphatic imine (C=N–C) groups is 1. The van der Waals surface area contributed by atoms with Gasteiger partial charge in [0, 0.05) is 50.9 Å². The van der Waals surface area contributed by atoms with E-state index in [9.17, 15) is 4.79 Å². The van der Waals surface area contributed by atoms with Crippen LogP contribution in [0.1, 0.15) is 37.8 Å². The van der Waals surface area contributed by atoms with Crippen molar-refractivity contribution >= 4 is 35.8 Å². The van der Waals surface area contributed by atoms with Crippen molar-refractivity contribution in [3.8, 4) is 0 Å². The van der Waals surface area contributed by atoms with Crippen molar-refractivity contribution in [3.63, 3.8) is 0 Å². The lowest BCUT2D eigenvalue weighted by Gasteiger charge is -2.14. The smallest absolute Gasteiger partial charge is 0.221 e. The van der Waals surface area contributed by atoms with Crippen LogP contribution in [0.25, 0.3) is 0 Å². The SMILES string of the molecule is CN=C(NCCC(=O)NC1CCCC1)NCCc1ccccn1.I. The van der Waals surface area contributed by atoms with Crippen molar-refractivity contribution < 1.29 is 4.79 Å². The summed E-state index contributed by atoms with van der Waals surface area (Å²) in [6.07, 6.45) is 7.81. The Bertz CT molecular complexity index is 503. The number of nitrogens with one attached hydrogen (secondary N) is 3. The lowest BCUT2D eigenvalue weighted by atomic mass is 10.2. The third-order valence-electron chi connectivity index (χ3n) is 3.99. The monoisotopic (exact) mass is 445 g/mol. The number of pyridine rings is 1. The van der Waals surface area contributed by atoms with Gasteiger partial charge in [0.05, 0.1) is 0 Å². The molecule has 2 rings (SSSR count). The Morgan fingerprint density at radius 2 is 2.00 bits per heavy atom. The van der Waals surface area contributed by atoms with Crippen molar-refractivity contribution in [1.82, 2.24) is 20.9 Å². The van der Waals surface area contributed by atoms with Gasteiger partial charge in [-0.05, 0) is 25.0 Å². The van der Waals surface area contributed by atoms with Gasteiger partial charge >= 0.3 is 0 Å². The molecule has 1 aromatic heterocycles. The summed E-state index contributed by atoms with van der Waals surface area (Å²) in [5, 5.41) is 9.49. The van der Waals surface area contributed by atoms with Gasteiger partial charge in [0.15, 0.2) is 5.96 Å². The first-order valence-corrected chi connectivity index (χ1v) is 8.41. The van der Waals surface area contributed by atoms with Gasteiger partial charge in [0.25, 0.3) is 0 Å². The number of rotatable bonds is 7. The summed E-state index contributed by atoms with van der Waals surface area (Å²) in [4.78, 5) is 20.3. The molecular formula is C17H28IN5O. The van der Waals surface area contributed by atoms with E-state index in [1.165, 1.54) is 12.8 Å². The molecule has 3 N–H and O–H groups in total. The first-order valence-electron chi connectivity index (χ1n) is 8.41. The minimum Gasteiger partial charge on any atom is -0.356 e. The molecule has 1 aromatic rings. The lowest BCUT2D eigenvalue weighted by molar-refractivity contribution is -0.121. The molecule has 0 atom stereocenters. The molecule has 1 saturated carbocycles. The van der Waals surface area contributed by atoms with Gasteiger partial charge in [-0.3, -0.25) is 14.8 Å². The maximum atomic E-state index is 11.8. The average Bonchev–Trinajstić information content (AvgIpc) is 3.07. The zero-order valence-electron chi connectivity index (χ0n) is 14.3. The number of nitrogens with zero attached hydrogens (tertiary/aromatic N) is 2. The highest BCUT2D eigenvalue weighted by molar-refractivity contribution is 14.0. The van der Waals surface area contributed by atoms with Crippen LogP contribution in [-0.2, 0) is 11.2 Å². The van der Waals surface area contributed by atoms with E-state index in [0.29, 0.717) is 19.0 Å². The van der Waals surface area contributed by atoms with Crippen molar-refractivity contribution in [2.75, 3.05) is 20.1 Å². The van der Waals surface area contributed by atoms with Gasteiger partial charge in [-0.1, -0.05) is 18.9 Å². The quantitative estimate of drug-likeness (QED) is 0.340.